The molecule has 1 rings (SSSR count). The van der Waals surface area contributed by atoms with Gasteiger partial charge in [0.15, 0.2) is 9.04 Å². The van der Waals surface area contributed by atoms with Crippen molar-refractivity contribution in [2.24, 2.45) is 17.3 Å². The Labute approximate surface area is 89.4 Å². The fourth-order valence-electron chi connectivity index (χ4n) is 2.09. The van der Waals surface area contributed by atoms with Crippen molar-refractivity contribution >= 4 is 9.04 Å². The summed E-state index contributed by atoms with van der Waals surface area (Å²) in [5.41, 5.74) is 0.214. The Balaban J connectivity index is 2.55. The Morgan fingerprint density at radius 1 is 1.43 bits per heavy atom. The van der Waals surface area contributed by atoms with E-state index in [1.54, 1.807) is 0 Å². The first kappa shape index (κ1) is 12.2. The molecule has 14 heavy (non-hydrogen) atoms. The van der Waals surface area contributed by atoms with E-state index in [1.807, 2.05) is 0 Å². The second-order valence-electron chi connectivity index (χ2n) is 5.81. The van der Waals surface area contributed by atoms with Crippen LogP contribution in [0.1, 0.15) is 27.2 Å². The van der Waals surface area contributed by atoms with Crippen LogP contribution >= 0.6 is 0 Å². The summed E-state index contributed by atoms with van der Waals surface area (Å²) in [6, 6.07) is 0. The van der Waals surface area contributed by atoms with E-state index in [4.69, 9.17) is 9.53 Å². The molecule has 1 fully saturated rings. The largest absolute Gasteiger partial charge is 0.417 e. The van der Waals surface area contributed by atoms with Crippen LogP contribution in [-0.4, -0.2) is 26.9 Å². The van der Waals surface area contributed by atoms with Gasteiger partial charge in [0.1, 0.15) is 0 Å². The predicted octanol–water partition coefficient (Wildman–Crippen LogP) is 2.03. The van der Waals surface area contributed by atoms with Gasteiger partial charge in [-0.15, -0.1) is 0 Å². The van der Waals surface area contributed by atoms with Crippen molar-refractivity contribution < 1.29 is 9.53 Å². The summed E-state index contributed by atoms with van der Waals surface area (Å²) < 4.78 is 6.10. The van der Waals surface area contributed by atoms with Gasteiger partial charge in [-0.2, -0.15) is 0 Å². The zero-order valence-corrected chi connectivity index (χ0v) is 11.2. The summed E-state index contributed by atoms with van der Waals surface area (Å²) in [5.74, 6) is 1.11. The van der Waals surface area contributed by atoms with Gasteiger partial charge in [-0.25, -0.2) is 0 Å². The minimum absolute atomic E-state index is 0.214. The first-order chi connectivity index (χ1) is 6.36. The van der Waals surface area contributed by atoms with E-state index in [2.05, 4.69) is 33.9 Å². The zero-order valence-electron chi connectivity index (χ0n) is 10.1. The smallest absolute Gasteiger partial charge is 0.171 e. The van der Waals surface area contributed by atoms with Gasteiger partial charge >= 0.3 is 0 Å². The van der Waals surface area contributed by atoms with E-state index in [0.717, 1.165) is 6.42 Å². The van der Waals surface area contributed by atoms with Crippen LogP contribution in [0, 0.1) is 17.3 Å². The van der Waals surface area contributed by atoms with E-state index < -0.39 is 9.04 Å². The highest BCUT2D eigenvalue weighted by molar-refractivity contribution is 6.48. The maximum atomic E-state index is 9.08. The maximum absolute atomic E-state index is 9.08. The van der Waals surface area contributed by atoms with Crippen molar-refractivity contribution in [3.8, 4) is 0 Å². The maximum Gasteiger partial charge on any atom is 0.171 e. The van der Waals surface area contributed by atoms with Crippen LogP contribution in [0.3, 0.4) is 0 Å². The summed E-state index contributed by atoms with van der Waals surface area (Å²) >= 11 is 0. The van der Waals surface area contributed by atoms with Crippen LogP contribution < -0.4 is 0 Å². The lowest BCUT2D eigenvalue weighted by Crippen LogP contribution is -2.35. The quantitative estimate of drug-likeness (QED) is 0.729. The molecule has 3 heteroatoms. The van der Waals surface area contributed by atoms with Crippen molar-refractivity contribution in [3.63, 3.8) is 0 Å². The standard InChI is InChI=1S/C11H24O2Si/c1-11(2,3)10(13-14(4)5)9-6-8(9)7-12/h8-10,12,14H,6-7H2,1-5H3. The van der Waals surface area contributed by atoms with Crippen LogP contribution in [-0.2, 0) is 4.43 Å². The average molecular weight is 216 g/mol. The van der Waals surface area contributed by atoms with E-state index >= 15 is 0 Å². The van der Waals surface area contributed by atoms with Crippen molar-refractivity contribution in [1.29, 1.82) is 0 Å². The van der Waals surface area contributed by atoms with Gasteiger partial charge in [0, 0.05) is 6.61 Å². The molecule has 0 amide bonds. The Bertz CT molecular complexity index is 186. The molecule has 2 nitrogen and oxygen atoms in total. The van der Waals surface area contributed by atoms with Crippen LogP contribution in [0.2, 0.25) is 13.1 Å². The molecule has 3 atom stereocenters. The fraction of sp³-hybridized carbons (Fsp3) is 1.00. The first-order valence-electron chi connectivity index (χ1n) is 5.62. The molecule has 1 saturated carbocycles. The highest BCUT2D eigenvalue weighted by Crippen LogP contribution is 2.47. The summed E-state index contributed by atoms with van der Waals surface area (Å²) in [4.78, 5) is 0. The molecule has 0 aromatic rings. The number of hydrogen-bond donors (Lipinski definition) is 1. The SMILES string of the molecule is C[SiH](C)OC(C1CC1CO)C(C)(C)C. The summed E-state index contributed by atoms with van der Waals surface area (Å²) in [6.07, 6.45) is 1.51. The molecule has 0 aliphatic heterocycles. The molecule has 0 aromatic heterocycles. The monoisotopic (exact) mass is 216 g/mol. The highest BCUT2D eigenvalue weighted by atomic mass is 28.3. The summed E-state index contributed by atoms with van der Waals surface area (Å²) in [7, 11) is -0.964. The van der Waals surface area contributed by atoms with Gasteiger partial charge in [-0.3, -0.25) is 0 Å². The van der Waals surface area contributed by atoms with Crippen LogP contribution in [0.4, 0.5) is 0 Å². The molecule has 0 heterocycles. The second kappa shape index (κ2) is 4.33. The topological polar surface area (TPSA) is 29.5 Å². The Morgan fingerprint density at radius 3 is 2.29 bits per heavy atom. The molecule has 0 spiro atoms. The van der Waals surface area contributed by atoms with Gasteiger partial charge in [0.25, 0.3) is 0 Å². The van der Waals surface area contributed by atoms with E-state index in [-0.39, 0.29) is 5.41 Å². The molecule has 0 bridgehead atoms. The number of aliphatic hydroxyl groups is 1. The van der Waals surface area contributed by atoms with Gasteiger partial charge in [0.2, 0.25) is 0 Å². The van der Waals surface area contributed by atoms with Gasteiger partial charge < -0.3 is 9.53 Å². The third-order valence-electron chi connectivity index (χ3n) is 2.87. The first-order valence-corrected chi connectivity index (χ1v) is 8.40. The normalized spacial score (nSPS) is 29.4. The van der Waals surface area contributed by atoms with Crippen LogP contribution in [0.5, 0.6) is 0 Å². The molecule has 1 aliphatic rings. The molecule has 0 saturated heterocycles. The van der Waals surface area contributed by atoms with Crippen LogP contribution in [0.15, 0.2) is 0 Å². The molecular weight excluding hydrogens is 192 g/mol. The average Bonchev–Trinajstić information content (AvgIpc) is 2.76. The van der Waals surface area contributed by atoms with Gasteiger partial charge in [-0.1, -0.05) is 20.8 Å². The van der Waals surface area contributed by atoms with Gasteiger partial charge in [0.05, 0.1) is 6.10 Å². The Hall–Kier alpha value is 0.137. The van der Waals surface area contributed by atoms with E-state index in [9.17, 15) is 0 Å². The van der Waals surface area contributed by atoms with Crippen molar-refractivity contribution in [1.82, 2.24) is 0 Å². The third kappa shape index (κ3) is 3.07. The second-order valence-corrected chi connectivity index (χ2v) is 8.18. The predicted molar refractivity (Wildman–Crippen MR) is 61.9 cm³/mol. The van der Waals surface area contributed by atoms with Crippen LogP contribution in [0.25, 0.3) is 0 Å². The lowest BCUT2D eigenvalue weighted by atomic mass is 9.86. The number of rotatable bonds is 4. The lowest BCUT2D eigenvalue weighted by Gasteiger charge is -2.33. The number of hydrogen-bond acceptors (Lipinski definition) is 2. The Kier molecular flexibility index (Phi) is 3.78. The zero-order chi connectivity index (χ0) is 10.9. The van der Waals surface area contributed by atoms with Crippen molar-refractivity contribution in [2.75, 3.05) is 6.61 Å². The molecule has 84 valence electrons. The fourth-order valence-corrected chi connectivity index (χ4v) is 3.29. The van der Waals surface area contributed by atoms with Crippen molar-refractivity contribution in [2.45, 2.75) is 46.4 Å². The Morgan fingerprint density at radius 2 is 2.00 bits per heavy atom. The number of aliphatic hydroxyl groups excluding tert-OH is 1. The van der Waals surface area contributed by atoms with E-state index in [0.29, 0.717) is 24.5 Å². The summed E-state index contributed by atoms with van der Waals surface area (Å²) in [5, 5.41) is 9.08. The molecule has 0 radical (unpaired) electrons. The van der Waals surface area contributed by atoms with E-state index in [1.165, 1.54) is 0 Å². The minimum Gasteiger partial charge on any atom is -0.417 e. The molecule has 1 aliphatic carbocycles. The lowest BCUT2D eigenvalue weighted by molar-refractivity contribution is 0.0580. The van der Waals surface area contributed by atoms with Crippen molar-refractivity contribution in [3.05, 3.63) is 0 Å². The molecular formula is C11H24O2Si. The van der Waals surface area contributed by atoms with Gasteiger partial charge in [-0.05, 0) is 36.8 Å². The minimum atomic E-state index is -0.964. The summed E-state index contributed by atoms with van der Waals surface area (Å²) in [6.45, 7) is 11.5. The third-order valence-corrected chi connectivity index (χ3v) is 3.71. The molecule has 0 aromatic carbocycles. The molecule has 1 N–H and O–H groups in total. The highest BCUT2D eigenvalue weighted by Gasteiger charge is 2.47. The molecule has 3 unspecified atom stereocenters.